The molecule has 2 aliphatic rings. The SMILES string of the molecule is O=C(CCNS(=O)(=O)c1c(F)cccc1F)N1C2CCC1c1cncnc1C2. The van der Waals surface area contributed by atoms with Crippen molar-refractivity contribution in [1.29, 1.82) is 0 Å². The zero-order valence-electron chi connectivity index (χ0n) is 14.8. The van der Waals surface area contributed by atoms with Gasteiger partial charge in [-0.05, 0) is 25.0 Å². The van der Waals surface area contributed by atoms with Crippen molar-refractivity contribution in [2.24, 2.45) is 0 Å². The second-order valence-corrected chi connectivity index (χ2v) is 8.58. The Morgan fingerprint density at radius 3 is 2.75 bits per heavy atom. The average Bonchev–Trinajstić information content (AvgIpc) is 2.96. The average molecular weight is 408 g/mol. The van der Waals surface area contributed by atoms with Crippen LogP contribution in [0.3, 0.4) is 0 Å². The Morgan fingerprint density at radius 2 is 2.00 bits per heavy atom. The van der Waals surface area contributed by atoms with E-state index in [9.17, 15) is 22.0 Å². The lowest BCUT2D eigenvalue weighted by Crippen LogP contribution is -2.43. The van der Waals surface area contributed by atoms with Gasteiger partial charge in [-0.15, -0.1) is 0 Å². The van der Waals surface area contributed by atoms with Crippen LogP contribution in [0.15, 0.2) is 35.6 Å². The maximum Gasteiger partial charge on any atom is 0.246 e. The molecule has 1 aromatic carbocycles. The number of hydrogen-bond donors (Lipinski definition) is 1. The first-order valence-electron chi connectivity index (χ1n) is 8.92. The summed E-state index contributed by atoms with van der Waals surface area (Å²) in [6.07, 6.45) is 5.41. The molecule has 7 nitrogen and oxygen atoms in total. The van der Waals surface area contributed by atoms with E-state index in [0.717, 1.165) is 42.3 Å². The molecule has 2 aliphatic heterocycles. The molecule has 1 saturated heterocycles. The molecule has 1 aromatic heterocycles. The van der Waals surface area contributed by atoms with Crippen molar-refractivity contribution in [2.75, 3.05) is 6.54 Å². The van der Waals surface area contributed by atoms with Gasteiger partial charge in [0.2, 0.25) is 15.9 Å². The summed E-state index contributed by atoms with van der Waals surface area (Å²) in [6.45, 7) is -0.247. The second-order valence-electron chi connectivity index (χ2n) is 6.88. The first-order valence-corrected chi connectivity index (χ1v) is 10.4. The van der Waals surface area contributed by atoms with Crippen LogP contribution >= 0.6 is 0 Å². The zero-order chi connectivity index (χ0) is 19.9. The monoisotopic (exact) mass is 408 g/mol. The van der Waals surface area contributed by atoms with Crippen molar-refractivity contribution < 1.29 is 22.0 Å². The number of nitrogens with one attached hydrogen (secondary N) is 1. The number of benzene rings is 1. The number of rotatable bonds is 5. The van der Waals surface area contributed by atoms with Crippen molar-refractivity contribution >= 4 is 15.9 Å². The zero-order valence-corrected chi connectivity index (χ0v) is 15.6. The van der Waals surface area contributed by atoms with Crippen LogP contribution in [0.1, 0.15) is 36.6 Å². The van der Waals surface area contributed by atoms with Crippen molar-refractivity contribution in [1.82, 2.24) is 19.6 Å². The van der Waals surface area contributed by atoms with E-state index in [1.54, 1.807) is 11.1 Å². The Morgan fingerprint density at radius 1 is 1.25 bits per heavy atom. The molecule has 2 unspecified atom stereocenters. The molecule has 2 aromatic rings. The first kappa shape index (κ1) is 18.9. The fourth-order valence-corrected chi connectivity index (χ4v) is 5.20. The van der Waals surface area contributed by atoms with E-state index in [4.69, 9.17) is 0 Å². The summed E-state index contributed by atoms with van der Waals surface area (Å²) in [7, 11) is -4.40. The van der Waals surface area contributed by atoms with Crippen molar-refractivity contribution in [3.05, 3.63) is 53.6 Å². The minimum atomic E-state index is -4.40. The smallest absolute Gasteiger partial charge is 0.246 e. The molecular formula is C18H18F2N4O3S. The Kier molecular flexibility index (Phi) is 4.84. The topological polar surface area (TPSA) is 92.3 Å². The summed E-state index contributed by atoms with van der Waals surface area (Å²) in [5, 5.41) is 0. The summed E-state index contributed by atoms with van der Waals surface area (Å²) in [6, 6.07) is 2.74. The maximum absolute atomic E-state index is 13.7. The molecule has 148 valence electrons. The van der Waals surface area contributed by atoms with Gasteiger partial charge in [-0.25, -0.2) is 31.9 Å². The van der Waals surface area contributed by atoms with Crippen LogP contribution in [-0.4, -0.2) is 41.8 Å². The van der Waals surface area contributed by atoms with Gasteiger partial charge in [-0.3, -0.25) is 4.79 Å². The van der Waals surface area contributed by atoms with Crippen molar-refractivity contribution in [3.63, 3.8) is 0 Å². The molecule has 0 saturated carbocycles. The summed E-state index contributed by atoms with van der Waals surface area (Å²) >= 11 is 0. The highest BCUT2D eigenvalue weighted by molar-refractivity contribution is 7.89. The van der Waals surface area contributed by atoms with Gasteiger partial charge in [0.05, 0.1) is 11.7 Å². The van der Waals surface area contributed by atoms with Crippen LogP contribution < -0.4 is 4.72 Å². The van der Waals surface area contributed by atoms with Crippen LogP contribution in [0.4, 0.5) is 8.78 Å². The van der Waals surface area contributed by atoms with Gasteiger partial charge >= 0.3 is 0 Å². The standard InChI is InChI=1S/C18H18F2N4O3S/c19-13-2-1-3-14(20)18(13)28(26,27)23-7-6-17(25)24-11-4-5-16(24)12-9-21-10-22-15(12)8-11/h1-3,9-11,16,23H,4-8H2. The molecule has 0 radical (unpaired) electrons. The summed E-state index contributed by atoms with van der Waals surface area (Å²) < 4.78 is 54.0. The summed E-state index contributed by atoms with van der Waals surface area (Å²) in [4.78, 5) is 21.8. The highest BCUT2D eigenvalue weighted by Crippen LogP contribution is 2.42. The molecule has 3 heterocycles. The third-order valence-electron chi connectivity index (χ3n) is 5.22. The van der Waals surface area contributed by atoms with Crippen molar-refractivity contribution in [2.45, 2.75) is 42.7 Å². The van der Waals surface area contributed by atoms with E-state index in [0.29, 0.717) is 6.42 Å². The third kappa shape index (κ3) is 3.26. The fraction of sp³-hybridized carbons (Fsp3) is 0.389. The Balaban J connectivity index is 1.43. The van der Waals surface area contributed by atoms with Gasteiger partial charge in [0.25, 0.3) is 0 Å². The summed E-state index contributed by atoms with van der Waals surface area (Å²) in [5.74, 6) is -2.56. The van der Waals surface area contributed by atoms with Gasteiger partial charge < -0.3 is 4.90 Å². The van der Waals surface area contributed by atoms with Gasteiger partial charge in [-0.2, -0.15) is 0 Å². The van der Waals surface area contributed by atoms with E-state index in [1.165, 1.54) is 6.33 Å². The first-order chi connectivity index (χ1) is 13.4. The number of fused-ring (bicyclic) bond motifs is 4. The normalized spacial score (nSPS) is 20.9. The molecule has 1 amide bonds. The van der Waals surface area contributed by atoms with Crippen LogP contribution in [0.5, 0.6) is 0 Å². The number of halogens is 2. The lowest BCUT2D eigenvalue weighted by atomic mass is 9.99. The van der Waals surface area contributed by atoms with Crippen LogP contribution in [-0.2, 0) is 21.2 Å². The molecule has 0 spiro atoms. The number of sulfonamides is 1. The van der Waals surface area contributed by atoms with E-state index in [1.807, 2.05) is 0 Å². The molecule has 28 heavy (non-hydrogen) atoms. The Hall–Kier alpha value is -2.46. The fourth-order valence-electron chi connectivity index (χ4n) is 4.04. The molecule has 0 aliphatic carbocycles. The van der Waals surface area contributed by atoms with Crippen LogP contribution in [0, 0.1) is 11.6 Å². The number of carbonyl (C=O) groups excluding carboxylic acids is 1. The molecule has 10 heteroatoms. The summed E-state index contributed by atoms with van der Waals surface area (Å²) in [5.41, 5.74) is 1.88. The van der Waals surface area contributed by atoms with Crippen LogP contribution in [0.25, 0.3) is 0 Å². The van der Waals surface area contributed by atoms with Crippen LogP contribution in [0.2, 0.25) is 0 Å². The van der Waals surface area contributed by atoms with Gasteiger partial charge in [0.15, 0.2) is 4.90 Å². The number of hydrogen-bond acceptors (Lipinski definition) is 5. The van der Waals surface area contributed by atoms with E-state index >= 15 is 0 Å². The highest BCUT2D eigenvalue weighted by Gasteiger charge is 2.42. The molecule has 4 rings (SSSR count). The lowest BCUT2D eigenvalue weighted by Gasteiger charge is -2.35. The Labute approximate surface area is 160 Å². The molecular weight excluding hydrogens is 390 g/mol. The van der Waals surface area contributed by atoms with Gasteiger partial charge in [-0.1, -0.05) is 6.07 Å². The highest BCUT2D eigenvalue weighted by atomic mass is 32.2. The minimum absolute atomic E-state index is 0.0283. The maximum atomic E-state index is 13.7. The number of amides is 1. The molecule has 2 atom stereocenters. The predicted molar refractivity (Wildman–Crippen MR) is 94.5 cm³/mol. The molecule has 1 N–H and O–H groups in total. The van der Waals surface area contributed by atoms with Gasteiger partial charge in [0, 0.05) is 37.2 Å². The third-order valence-corrected chi connectivity index (χ3v) is 6.74. The lowest BCUT2D eigenvalue weighted by molar-refractivity contribution is -0.134. The number of aromatic nitrogens is 2. The number of carbonyl (C=O) groups is 1. The quantitative estimate of drug-likeness (QED) is 0.813. The molecule has 2 bridgehead atoms. The van der Waals surface area contributed by atoms with Crippen molar-refractivity contribution in [3.8, 4) is 0 Å². The predicted octanol–water partition coefficient (Wildman–Crippen LogP) is 1.71. The number of nitrogens with zero attached hydrogens (tertiary/aromatic N) is 3. The largest absolute Gasteiger partial charge is 0.332 e. The molecule has 1 fully saturated rings. The second kappa shape index (κ2) is 7.17. The van der Waals surface area contributed by atoms with Gasteiger partial charge in [0.1, 0.15) is 18.0 Å². The van der Waals surface area contributed by atoms with E-state index < -0.39 is 26.6 Å². The minimum Gasteiger partial charge on any atom is -0.332 e. The van der Waals surface area contributed by atoms with E-state index in [2.05, 4.69) is 14.7 Å². The Bertz CT molecular complexity index is 1010. The van der Waals surface area contributed by atoms with E-state index in [-0.39, 0.29) is 31.0 Å².